The standard InChI is InChI=1S/C16H15N5O4/c1-10-17-9-21(19-10)16-18-12(15(23)24)13(14(22)20(16)2)25-8-11-6-4-3-5-7-11/h3-7,9H,8H2,1-2H3,(H,23,24). The molecule has 2 heterocycles. The summed E-state index contributed by atoms with van der Waals surface area (Å²) in [5.74, 6) is -1.18. The van der Waals surface area contributed by atoms with Crippen LogP contribution in [0.25, 0.3) is 5.95 Å². The molecule has 3 aromatic rings. The van der Waals surface area contributed by atoms with Gasteiger partial charge in [0.2, 0.25) is 11.7 Å². The number of carboxylic acids is 1. The van der Waals surface area contributed by atoms with Crippen molar-refractivity contribution in [1.29, 1.82) is 0 Å². The Morgan fingerprint density at radius 2 is 2.00 bits per heavy atom. The number of nitrogens with zero attached hydrogens (tertiary/aromatic N) is 5. The Labute approximate surface area is 142 Å². The molecule has 2 aromatic heterocycles. The molecule has 0 spiro atoms. The third kappa shape index (κ3) is 3.25. The van der Waals surface area contributed by atoms with E-state index in [0.29, 0.717) is 5.82 Å². The number of ether oxygens (including phenoxy) is 1. The predicted octanol–water partition coefficient (Wildman–Crippen LogP) is 0.947. The highest BCUT2D eigenvalue weighted by atomic mass is 16.5. The minimum absolute atomic E-state index is 0.0371. The molecule has 0 unspecified atom stereocenters. The summed E-state index contributed by atoms with van der Waals surface area (Å²) in [6.45, 7) is 1.73. The van der Waals surface area contributed by atoms with Gasteiger partial charge in [0.15, 0.2) is 5.69 Å². The molecule has 25 heavy (non-hydrogen) atoms. The molecule has 3 rings (SSSR count). The smallest absolute Gasteiger partial charge is 0.358 e. The van der Waals surface area contributed by atoms with E-state index in [4.69, 9.17) is 4.74 Å². The van der Waals surface area contributed by atoms with Crippen molar-refractivity contribution < 1.29 is 14.6 Å². The van der Waals surface area contributed by atoms with Gasteiger partial charge in [0.05, 0.1) is 0 Å². The molecule has 128 valence electrons. The molecule has 0 saturated carbocycles. The van der Waals surface area contributed by atoms with Crippen LogP contribution in [-0.2, 0) is 13.7 Å². The van der Waals surface area contributed by atoms with Gasteiger partial charge in [-0.25, -0.2) is 14.8 Å². The van der Waals surface area contributed by atoms with Crippen molar-refractivity contribution >= 4 is 5.97 Å². The number of aromatic nitrogens is 5. The number of hydrogen-bond donors (Lipinski definition) is 1. The lowest BCUT2D eigenvalue weighted by molar-refractivity contribution is 0.0683. The number of carboxylic acid groups (broad SMARTS) is 1. The number of aryl methyl sites for hydroxylation is 1. The quantitative estimate of drug-likeness (QED) is 0.735. The van der Waals surface area contributed by atoms with Crippen molar-refractivity contribution in [2.45, 2.75) is 13.5 Å². The van der Waals surface area contributed by atoms with Gasteiger partial charge in [0, 0.05) is 7.05 Å². The molecule has 9 nitrogen and oxygen atoms in total. The van der Waals surface area contributed by atoms with Crippen molar-refractivity contribution in [2.24, 2.45) is 7.05 Å². The molecule has 1 aromatic carbocycles. The van der Waals surface area contributed by atoms with Crippen LogP contribution in [0, 0.1) is 6.92 Å². The fourth-order valence-electron chi connectivity index (χ4n) is 2.22. The normalized spacial score (nSPS) is 10.6. The van der Waals surface area contributed by atoms with E-state index in [1.165, 1.54) is 22.6 Å². The average Bonchev–Trinajstić information content (AvgIpc) is 3.03. The molecule has 0 bridgehead atoms. The fraction of sp³-hybridized carbons (Fsp3) is 0.188. The molecule has 0 fully saturated rings. The number of benzene rings is 1. The molecule has 0 aliphatic heterocycles. The monoisotopic (exact) mass is 341 g/mol. The Morgan fingerprint density at radius 1 is 1.28 bits per heavy atom. The lowest BCUT2D eigenvalue weighted by atomic mass is 10.2. The third-order valence-corrected chi connectivity index (χ3v) is 3.47. The van der Waals surface area contributed by atoms with Crippen molar-refractivity contribution in [2.75, 3.05) is 0 Å². The van der Waals surface area contributed by atoms with Gasteiger partial charge in [-0.3, -0.25) is 9.36 Å². The largest absolute Gasteiger partial charge is 0.481 e. The number of carbonyl (C=O) groups is 1. The maximum atomic E-state index is 12.6. The first-order valence-electron chi connectivity index (χ1n) is 7.37. The van der Waals surface area contributed by atoms with Crippen LogP contribution >= 0.6 is 0 Å². The highest BCUT2D eigenvalue weighted by molar-refractivity contribution is 5.88. The van der Waals surface area contributed by atoms with Crippen LogP contribution in [0.1, 0.15) is 21.9 Å². The molecule has 9 heteroatoms. The van der Waals surface area contributed by atoms with E-state index < -0.39 is 17.2 Å². The molecular weight excluding hydrogens is 326 g/mol. The van der Waals surface area contributed by atoms with Crippen LogP contribution in [0.5, 0.6) is 5.75 Å². The van der Waals surface area contributed by atoms with Crippen molar-refractivity contribution in [3.8, 4) is 11.7 Å². The second kappa shape index (κ2) is 6.56. The summed E-state index contributed by atoms with van der Waals surface area (Å²) in [4.78, 5) is 32.1. The van der Waals surface area contributed by atoms with E-state index in [0.717, 1.165) is 5.56 Å². The van der Waals surface area contributed by atoms with Crippen LogP contribution < -0.4 is 10.3 Å². The number of rotatable bonds is 5. The Morgan fingerprint density at radius 3 is 2.60 bits per heavy atom. The van der Waals surface area contributed by atoms with E-state index >= 15 is 0 Å². The molecular formula is C16H15N5O4. The van der Waals surface area contributed by atoms with Gasteiger partial charge < -0.3 is 9.84 Å². The second-order valence-electron chi connectivity index (χ2n) is 5.27. The number of aromatic carboxylic acids is 1. The molecule has 1 N–H and O–H groups in total. The van der Waals surface area contributed by atoms with Crippen LogP contribution in [0.3, 0.4) is 0 Å². The summed E-state index contributed by atoms with van der Waals surface area (Å²) in [7, 11) is 1.46. The van der Waals surface area contributed by atoms with Gasteiger partial charge in [-0.1, -0.05) is 30.3 Å². The van der Waals surface area contributed by atoms with Gasteiger partial charge >= 0.3 is 5.97 Å². The molecule has 0 atom stereocenters. The van der Waals surface area contributed by atoms with Crippen molar-refractivity contribution in [3.05, 3.63) is 64.1 Å². The zero-order valence-corrected chi connectivity index (χ0v) is 13.6. The van der Waals surface area contributed by atoms with Gasteiger partial charge in [-0.15, -0.1) is 5.10 Å². The number of hydrogen-bond acceptors (Lipinski definition) is 6. The van der Waals surface area contributed by atoms with E-state index in [2.05, 4.69) is 15.1 Å². The highest BCUT2D eigenvalue weighted by Gasteiger charge is 2.22. The average molecular weight is 341 g/mol. The fourth-order valence-corrected chi connectivity index (χ4v) is 2.22. The third-order valence-electron chi connectivity index (χ3n) is 3.47. The maximum absolute atomic E-state index is 12.6. The Kier molecular flexibility index (Phi) is 4.29. The topological polar surface area (TPSA) is 112 Å². The lowest BCUT2D eigenvalue weighted by Gasteiger charge is -2.12. The Balaban J connectivity index is 2.05. The van der Waals surface area contributed by atoms with Crippen LogP contribution in [0.2, 0.25) is 0 Å². The first-order chi connectivity index (χ1) is 12.0. The van der Waals surface area contributed by atoms with Crippen molar-refractivity contribution in [1.82, 2.24) is 24.3 Å². The summed E-state index contributed by atoms with van der Waals surface area (Å²) in [5, 5.41) is 13.5. The molecule has 0 radical (unpaired) electrons. The van der Waals surface area contributed by atoms with Crippen molar-refractivity contribution in [3.63, 3.8) is 0 Å². The van der Waals surface area contributed by atoms with E-state index in [1.807, 2.05) is 30.3 Å². The summed E-state index contributed by atoms with van der Waals surface area (Å²) in [6.07, 6.45) is 1.35. The molecule has 0 saturated heterocycles. The van der Waals surface area contributed by atoms with Crippen LogP contribution in [0.15, 0.2) is 41.5 Å². The molecule has 0 aliphatic rings. The maximum Gasteiger partial charge on any atom is 0.358 e. The van der Waals surface area contributed by atoms with Gasteiger partial charge in [-0.2, -0.15) is 4.68 Å². The Bertz CT molecular complexity index is 978. The summed E-state index contributed by atoms with van der Waals surface area (Å²) in [6, 6.07) is 9.12. The summed E-state index contributed by atoms with van der Waals surface area (Å²) >= 11 is 0. The summed E-state index contributed by atoms with van der Waals surface area (Å²) < 4.78 is 7.88. The zero-order valence-electron chi connectivity index (χ0n) is 13.6. The molecule has 0 amide bonds. The predicted molar refractivity (Wildman–Crippen MR) is 86.9 cm³/mol. The second-order valence-corrected chi connectivity index (χ2v) is 5.27. The first kappa shape index (κ1) is 16.4. The van der Waals surface area contributed by atoms with E-state index in [9.17, 15) is 14.7 Å². The zero-order chi connectivity index (χ0) is 18.0. The van der Waals surface area contributed by atoms with E-state index in [1.54, 1.807) is 6.92 Å². The molecule has 0 aliphatic carbocycles. The van der Waals surface area contributed by atoms with Gasteiger partial charge in [0.25, 0.3) is 5.56 Å². The minimum Gasteiger partial charge on any atom is -0.481 e. The lowest BCUT2D eigenvalue weighted by Crippen LogP contribution is -2.28. The Hall–Kier alpha value is -3.49. The minimum atomic E-state index is -1.36. The highest BCUT2D eigenvalue weighted by Crippen LogP contribution is 2.15. The van der Waals surface area contributed by atoms with Gasteiger partial charge in [0.1, 0.15) is 18.8 Å². The summed E-state index contributed by atoms with van der Waals surface area (Å²) in [5.41, 5.74) is -0.287. The van der Waals surface area contributed by atoms with Crippen LogP contribution in [0.4, 0.5) is 0 Å². The first-order valence-corrected chi connectivity index (χ1v) is 7.37. The van der Waals surface area contributed by atoms with E-state index in [-0.39, 0.29) is 18.3 Å². The van der Waals surface area contributed by atoms with Crippen LogP contribution in [-0.4, -0.2) is 35.4 Å². The van der Waals surface area contributed by atoms with Gasteiger partial charge in [-0.05, 0) is 12.5 Å². The SMILES string of the molecule is Cc1ncn(-c2nc(C(=O)O)c(OCc3ccccc3)c(=O)n2C)n1.